The molecule has 18 heavy (non-hydrogen) atoms. The van der Waals surface area contributed by atoms with Gasteiger partial charge in [0, 0.05) is 6.20 Å². The van der Waals surface area contributed by atoms with E-state index < -0.39 is 16.6 Å². The molecule has 0 bridgehead atoms. The molecule has 0 saturated carbocycles. The second kappa shape index (κ2) is 4.74. The van der Waals surface area contributed by atoms with E-state index in [0.717, 1.165) is 12.3 Å². The molecule has 0 aliphatic carbocycles. The summed E-state index contributed by atoms with van der Waals surface area (Å²) in [6.45, 7) is 0. The number of benzene rings is 1. The van der Waals surface area contributed by atoms with Crippen molar-refractivity contribution in [3.05, 3.63) is 58.4 Å². The maximum Gasteiger partial charge on any atom is 0.310 e. The summed E-state index contributed by atoms with van der Waals surface area (Å²) in [5.41, 5.74) is -0.454. The first kappa shape index (κ1) is 11.9. The van der Waals surface area contributed by atoms with Crippen LogP contribution in [0.1, 0.15) is 0 Å². The fourth-order valence-corrected chi connectivity index (χ4v) is 1.38. The van der Waals surface area contributed by atoms with Crippen molar-refractivity contribution in [1.82, 2.24) is 4.98 Å². The van der Waals surface area contributed by atoms with Crippen molar-refractivity contribution < 1.29 is 13.7 Å². The van der Waals surface area contributed by atoms with Crippen LogP contribution in [0.25, 0.3) is 0 Å². The van der Waals surface area contributed by atoms with E-state index in [4.69, 9.17) is 0 Å². The molecule has 1 aromatic carbocycles. The molecule has 0 radical (unpaired) electrons. The number of nitrogens with zero attached hydrogens (tertiary/aromatic N) is 2. The Kier molecular flexibility index (Phi) is 3.13. The summed E-state index contributed by atoms with van der Waals surface area (Å²) in [5.74, 6) is -2.12. The van der Waals surface area contributed by atoms with Crippen molar-refractivity contribution in [2.45, 2.75) is 0 Å². The van der Waals surface area contributed by atoms with Gasteiger partial charge in [0.15, 0.2) is 11.6 Å². The molecule has 0 spiro atoms. The van der Waals surface area contributed by atoms with Crippen molar-refractivity contribution in [2.75, 3.05) is 5.32 Å². The molecule has 5 nitrogen and oxygen atoms in total. The van der Waals surface area contributed by atoms with E-state index in [-0.39, 0.29) is 17.1 Å². The highest BCUT2D eigenvalue weighted by atomic mass is 19.2. The zero-order valence-electron chi connectivity index (χ0n) is 8.93. The lowest BCUT2D eigenvalue weighted by molar-refractivity contribution is -0.384. The van der Waals surface area contributed by atoms with Crippen LogP contribution >= 0.6 is 0 Å². The summed E-state index contributed by atoms with van der Waals surface area (Å²) in [4.78, 5) is 13.7. The Morgan fingerprint density at radius 3 is 2.72 bits per heavy atom. The molecule has 0 unspecified atom stereocenters. The standard InChI is InChI=1S/C11H7F2N3O2/c12-7-2-1-3-9(11(7)13)15-8-4-5-14-6-10(8)16(17)18/h1-6H,(H,14,15). The van der Waals surface area contributed by atoms with Gasteiger partial charge in [0.25, 0.3) is 0 Å². The number of pyridine rings is 1. The summed E-state index contributed by atoms with van der Waals surface area (Å²) in [7, 11) is 0. The van der Waals surface area contributed by atoms with Gasteiger partial charge < -0.3 is 5.32 Å². The van der Waals surface area contributed by atoms with Gasteiger partial charge in [-0.3, -0.25) is 15.1 Å². The molecular formula is C11H7F2N3O2. The second-order valence-corrected chi connectivity index (χ2v) is 3.38. The number of aromatic nitrogens is 1. The van der Waals surface area contributed by atoms with E-state index in [9.17, 15) is 18.9 Å². The lowest BCUT2D eigenvalue weighted by Crippen LogP contribution is -2.00. The SMILES string of the molecule is O=[N+]([O-])c1cnccc1Nc1cccc(F)c1F. The maximum absolute atomic E-state index is 13.4. The predicted octanol–water partition coefficient (Wildman–Crippen LogP) is 3.01. The van der Waals surface area contributed by atoms with E-state index in [1.807, 2.05) is 0 Å². The molecule has 1 heterocycles. The number of hydrogen-bond donors (Lipinski definition) is 1. The first-order chi connectivity index (χ1) is 8.59. The van der Waals surface area contributed by atoms with Crippen LogP contribution in [0.2, 0.25) is 0 Å². The van der Waals surface area contributed by atoms with Crippen LogP contribution in [0.3, 0.4) is 0 Å². The Hall–Kier alpha value is -2.57. The quantitative estimate of drug-likeness (QED) is 0.672. The van der Waals surface area contributed by atoms with Crippen molar-refractivity contribution in [2.24, 2.45) is 0 Å². The van der Waals surface area contributed by atoms with Gasteiger partial charge in [0.05, 0.1) is 10.6 Å². The zero-order valence-corrected chi connectivity index (χ0v) is 8.93. The van der Waals surface area contributed by atoms with Crippen molar-refractivity contribution in [3.8, 4) is 0 Å². The van der Waals surface area contributed by atoms with Crippen LogP contribution in [0.15, 0.2) is 36.7 Å². The molecule has 0 fully saturated rings. The average molecular weight is 251 g/mol. The van der Waals surface area contributed by atoms with Crippen LogP contribution in [0, 0.1) is 21.7 Å². The largest absolute Gasteiger partial charge is 0.347 e. The maximum atomic E-state index is 13.4. The van der Waals surface area contributed by atoms with Gasteiger partial charge in [-0.25, -0.2) is 8.78 Å². The first-order valence-electron chi connectivity index (χ1n) is 4.89. The van der Waals surface area contributed by atoms with Gasteiger partial charge in [-0.05, 0) is 18.2 Å². The zero-order chi connectivity index (χ0) is 13.1. The molecule has 0 amide bonds. The lowest BCUT2D eigenvalue weighted by Gasteiger charge is -2.07. The van der Waals surface area contributed by atoms with Gasteiger partial charge >= 0.3 is 5.69 Å². The van der Waals surface area contributed by atoms with Crippen LogP contribution in [0.4, 0.5) is 25.8 Å². The number of halogens is 2. The van der Waals surface area contributed by atoms with Gasteiger partial charge in [-0.1, -0.05) is 6.07 Å². The molecule has 0 aliphatic rings. The molecule has 1 aromatic heterocycles. The highest BCUT2D eigenvalue weighted by Gasteiger charge is 2.15. The van der Waals surface area contributed by atoms with E-state index in [2.05, 4.69) is 10.3 Å². The van der Waals surface area contributed by atoms with E-state index >= 15 is 0 Å². The van der Waals surface area contributed by atoms with Crippen molar-refractivity contribution in [1.29, 1.82) is 0 Å². The summed E-state index contributed by atoms with van der Waals surface area (Å²) >= 11 is 0. The number of hydrogen-bond acceptors (Lipinski definition) is 4. The number of rotatable bonds is 3. The molecule has 92 valence electrons. The van der Waals surface area contributed by atoms with E-state index in [0.29, 0.717) is 0 Å². The smallest absolute Gasteiger partial charge is 0.310 e. The highest BCUT2D eigenvalue weighted by molar-refractivity contribution is 5.68. The monoisotopic (exact) mass is 251 g/mol. The Labute approximate surface area is 100 Å². The highest BCUT2D eigenvalue weighted by Crippen LogP contribution is 2.27. The number of nitro groups is 1. The fraction of sp³-hybridized carbons (Fsp3) is 0. The molecule has 1 N–H and O–H groups in total. The Morgan fingerprint density at radius 1 is 1.22 bits per heavy atom. The summed E-state index contributed by atoms with van der Waals surface area (Å²) in [5, 5.41) is 13.2. The van der Waals surface area contributed by atoms with Gasteiger partial charge in [-0.2, -0.15) is 0 Å². The molecule has 0 saturated heterocycles. The first-order valence-corrected chi connectivity index (χ1v) is 4.89. The Balaban J connectivity index is 2.40. The van der Waals surface area contributed by atoms with Crippen LogP contribution < -0.4 is 5.32 Å². The van der Waals surface area contributed by atoms with Gasteiger partial charge in [-0.15, -0.1) is 0 Å². The number of nitrogens with one attached hydrogen (secondary N) is 1. The normalized spacial score (nSPS) is 10.1. The molecular weight excluding hydrogens is 244 g/mol. The second-order valence-electron chi connectivity index (χ2n) is 3.38. The van der Waals surface area contributed by atoms with Crippen molar-refractivity contribution in [3.63, 3.8) is 0 Å². The topological polar surface area (TPSA) is 68.1 Å². The third-order valence-corrected chi connectivity index (χ3v) is 2.22. The Bertz CT molecular complexity index is 605. The van der Waals surface area contributed by atoms with E-state index in [1.165, 1.54) is 24.4 Å². The lowest BCUT2D eigenvalue weighted by atomic mass is 10.2. The minimum Gasteiger partial charge on any atom is -0.347 e. The average Bonchev–Trinajstić information content (AvgIpc) is 2.35. The summed E-state index contributed by atoms with van der Waals surface area (Å²) in [6, 6.07) is 4.85. The third kappa shape index (κ3) is 2.24. The van der Waals surface area contributed by atoms with Crippen LogP contribution in [-0.2, 0) is 0 Å². The van der Waals surface area contributed by atoms with Crippen molar-refractivity contribution >= 4 is 17.1 Å². The molecule has 0 aliphatic heterocycles. The molecule has 7 heteroatoms. The minimum absolute atomic E-state index is 0.0412. The minimum atomic E-state index is -1.09. The third-order valence-electron chi connectivity index (χ3n) is 2.22. The molecule has 2 rings (SSSR count). The number of anilines is 2. The van der Waals surface area contributed by atoms with Crippen LogP contribution in [-0.4, -0.2) is 9.91 Å². The predicted molar refractivity (Wildman–Crippen MR) is 60.5 cm³/mol. The molecule has 0 atom stereocenters. The molecule has 2 aromatic rings. The Morgan fingerprint density at radius 2 is 2.00 bits per heavy atom. The van der Waals surface area contributed by atoms with Gasteiger partial charge in [0.2, 0.25) is 0 Å². The summed E-state index contributed by atoms with van der Waals surface area (Å²) < 4.78 is 26.4. The van der Waals surface area contributed by atoms with Gasteiger partial charge in [0.1, 0.15) is 11.9 Å². The summed E-state index contributed by atoms with van der Waals surface area (Å²) in [6.07, 6.45) is 2.34. The van der Waals surface area contributed by atoms with Crippen LogP contribution in [0.5, 0.6) is 0 Å². The van der Waals surface area contributed by atoms with E-state index in [1.54, 1.807) is 0 Å². The fourth-order valence-electron chi connectivity index (χ4n) is 1.38.